The van der Waals surface area contributed by atoms with Crippen LogP contribution in [-0.4, -0.2) is 24.2 Å². The fourth-order valence-corrected chi connectivity index (χ4v) is 6.92. The first-order valence-corrected chi connectivity index (χ1v) is 14.8. The highest BCUT2D eigenvalue weighted by Crippen LogP contribution is 2.62. The van der Waals surface area contributed by atoms with Crippen molar-refractivity contribution in [2.45, 2.75) is 98.8 Å². The molecule has 1 fully saturated rings. The number of unbranched alkanes of at least 4 members (excludes halogenated alkanes) is 5. The Bertz CT molecular complexity index is 1140. The van der Waals surface area contributed by atoms with Crippen molar-refractivity contribution in [3.8, 4) is 11.5 Å². The van der Waals surface area contributed by atoms with E-state index >= 15 is 0 Å². The lowest BCUT2D eigenvalue weighted by molar-refractivity contribution is -0.160. The minimum absolute atomic E-state index is 0.0741. The number of benzene rings is 2. The lowest BCUT2D eigenvalue weighted by Gasteiger charge is -2.58. The molecule has 4 unspecified atom stereocenters. The van der Waals surface area contributed by atoms with E-state index in [0.29, 0.717) is 30.5 Å². The zero-order valence-electron chi connectivity index (χ0n) is 24.6. The quantitative estimate of drug-likeness (QED) is 0.176. The van der Waals surface area contributed by atoms with Crippen molar-refractivity contribution in [1.82, 2.24) is 0 Å². The SMILES string of the molecule is CC1=CCCC2(C)C(C(=O)O)C(C)CCC12C.CCCCCCCCOc1ccc2ccccc2c1OC=O. The van der Waals surface area contributed by atoms with Gasteiger partial charge in [0.05, 0.1) is 12.5 Å². The Labute approximate surface area is 235 Å². The molecule has 1 N–H and O–H groups in total. The zero-order chi connectivity index (χ0) is 28.5. The molecule has 1 saturated carbocycles. The molecule has 0 aliphatic heterocycles. The third-order valence-electron chi connectivity index (χ3n) is 9.63. The van der Waals surface area contributed by atoms with Crippen LogP contribution in [0.3, 0.4) is 0 Å². The number of aliphatic carboxylic acids is 1. The summed E-state index contributed by atoms with van der Waals surface area (Å²) in [6.45, 7) is 12.1. The summed E-state index contributed by atoms with van der Waals surface area (Å²) in [6.07, 6.45) is 13.9. The maximum Gasteiger partial charge on any atom is 0.307 e. The Kier molecular flexibility index (Phi) is 11.0. The Morgan fingerprint density at radius 3 is 2.49 bits per heavy atom. The monoisotopic (exact) mass is 536 g/mol. The fraction of sp³-hybridized carbons (Fsp3) is 0.588. The van der Waals surface area contributed by atoms with Crippen LogP contribution < -0.4 is 9.47 Å². The van der Waals surface area contributed by atoms with Gasteiger partial charge >= 0.3 is 5.97 Å². The summed E-state index contributed by atoms with van der Waals surface area (Å²) in [7, 11) is 0. The Hall–Kier alpha value is -2.82. The van der Waals surface area contributed by atoms with E-state index in [-0.39, 0.29) is 16.7 Å². The van der Waals surface area contributed by atoms with Gasteiger partial charge in [-0.2, -0.15) is 0 Å². The van der Waals surface area contributed by atoms with Gasteiger partial charge < -0.3 is 14.6 Å². The highest BCUT2D eigenvalue weighted by molar-refractivity contribution is 5.91. The van der Waals surface area contributed by atoms with Crippen LogP contribution in [0.4, 0.5) is 0 Å². The zero-order valence-corrected chi connectivity index (χ0v) is 24.6. The fourth-order valence-electron chi connectivity index (χ4n) is 6.92. The van der Waals surface area contributed by atoms with Crippen molar-refractivity contribution in [3.63, 3.8) is 0 Å². The van der Waals surface area contributed by atoms with Gasteiger partial charge in [-0.1, -0.05) is 102 Å². The summed E-state index contributed by atoms with van der Waals surface area (Å²) < 4.78 is 11.0. The van der Waals surface area contributed by atoms with Gasteiger partial charge in [0.15, 0.2) is 11.5 Å². The molecule has 4 atom stereocenters. The van der Waals surface area contributed by atoms with E-state index in [4.69, 9.17) is 9.47 Å². The van der Waals surface area contributed by atoms with E-state index < -0.39 is 5.97 Å². The maximum absolute atomic E-state index is 11.7. The second kappa shape index (κ2) is 14.0. The first-order chi connectivity index (χ1) is 18.7. The van der Waals surface area contributed by atoms with Gasteiger partial charge in [-0.3, -0.25) is 9.59 Å². The van der Waals surface area contributed by atoms with Crippen molar-refractivity contribution in [3.05, 3.63) is 48.0 Å². The number of ether oxygens (including phenoxy) is 2. The summed E-state index contributed by atoms with van der Waals surface area (Å²) in [5, 5.41) is 11.5. The average Bonchev–Trinajstić information content (AvgIpc) is 2.91. The molecule has 0 heterocycles. The molecule has 39 heavy (non-hydrogen) atoms. The van der Waals surface area contributed by atoms with Crippen molar-refractivity contribution in [2.24, 2.45) is 22.7 Å². The van der Waals surface area contributed by atoms with Crippen molar-refractivity contribution >= 4 is 23.2 Å². The summed E-state index contributed by atoms with van der Waals surface area (Å²) in [5.41, 5.74) is 1.42. The number of carbonyl (C=O) groups is 2. The minimum atomic E-state index is -0.597. The molecule has 4 rings (SSSR count). The van der Waals surface area contributed by atoms with Crippen LogP contribution in [0.5, 0.6) is 11.5 Å². The molecule has 0 spiro atoms. The van der Waals surface area contributed by atoms with Gasteiger partial charge in [-0.05, 0) is 67.2 Å². The predicted molar refractivity (Wildman–Crippen MR) is 158 cm³/mol. The third-order valence-corrected chi connectivity index (χ3v) is 9.63. The molecule has 2 aromatic carbocycles. The van der Waals surface area contributed by atoms with Crippen molar-refractivity contribution < 1.29 is 24.2 Å². The Morgan fingerprint density at radius 2 is 1.77 bits per heavy atom. The van der Waals surface area contributed by atoms with Gasteiger partial charge in [0.25, 0.3) is 6.47 Å². The average molecular weight is 537 g/mol. The number of carboxylic acid groups (broad SMARTS) is 1. The van der Waals surface area contributed by atoms with Gasteiger partial charge in [0.1, 0.15) is 0 Å². The number of hydrogen-bond donors (Lipinski definition) is 1. The maximum atomic E-state index is 11.7. The van der Waals surface area contributed by atoms with Crippen LogP contribution in [0.1, 0.15) is 98.8 Å². The number of carboxylic acids is 1. The molecule has 0 radical (unpaired) electrons. The van der Waals surface area contributed by atoms with E-state index in [1.165, 1.54) is 37.7 Å². The molecule has 2 aliphatic carbocycles. The minimum Gasteiger partial charge on any atom is -0.490 e. The number of fused-ring (bicyclic) bond motifs is 2. The predicted octanol–water partition coefficient (Wildman–Crippen LogP) is 8.98. The van der Waals surface area contributed by atoms with Crippen LogP contribution in [0.15, 0.2) is 48.0 Å². The summed E-state index contributed by atoms with van der Waals surface area (Å²) in [5.74, 6) is 0.667. The van der Waals surface area contributed by atoms with Crippen LogP contribution in [-0.2, 0) is 9.59 Å². The summed E-state index contributed by atoms with van der Waals surface area (Å²) >= 11 is 0. The van der Waals surface area contributed by atoms with Crippen LogP contribution >= 0.6 is 0 Å². The van der Waals surface area contributed by atoms with E-state index in [0.717, 1.165) is 42.9 Å². The highest BCUT2D eigenvalue weighted by Gasteiger charge is 2.57. The van der Waals surface area contributed by atoms with Gasteiger partial charge in [-0.25, -0.2) is 0 Å². The number of hydrogen-bond acceptors (Lipinski definition) is 4. The largest absolute Gasteiger partial charge is 0.490 e. The molecule has 2 aliphatic rings. The number of carbonyl (C=O) groups excluding carboxylic acids is 1. The Morgan fingerprint density at radius 1 is 1.05 bits per heavy atom. The van der Waals surface area contributed by atoms with Crippen molar-refractivity contribution in [2.75, 3.05) is 6.61 Å². The molecule has 2 aromatic rings. The second-order valence-corrected chi connectivity index (χ2v) is 12.0. The number of allylic oxidation sites excluding steroid dienone is 2. The topological polar surface area (TPSA) is 72.8 Å². The van der Waals surface area contributed by atoms with Gasteiger partial charge in [0, 0.05) is 5.39 Å². The Balaban J connectivity index is 0.000000223. The standard InChI is InChI=1S/C19H24O3.C15H24O2/c1-2-3-4-5-6-9-14-21-18-13-12-16-10-7-8-11-17(16)19(18)22-15-20;1-10-7-9-14(3)11(2)6-5-8-15(14,4)12(10)13(16)17/h7-8,10-13,15H,2-6,9,14H2,1H3;6,10,12H,5,7-9H2,1-4H3,(H,16,17). The molecule has 5 nitrogen and oxygen atoms in total. The molecule has 5 heteroatoms. The third kappa shape index (κ3) is 6.85. The van der Waals surface area contributed by atoms with Gasteiger partial charge in [0.2, 0.25) is 0 Å². The summed E-state index contributed by atoms with van der Waals surface area (Å²) in [6, 6.07) is 11.7. The molecule has 214 valence electrons. The first kappa shape index (κ1) is 30.7. The normalized spacial score (nSPS) is 26.0. The second-order valence-electron chi connectivity index (χ2n) is 12.0. The summed E-state index contributed by atoms with van der Waals surface area (Å²) in [4.78, 5) is 22.4. The van der Waals surface area contributed by atoms with Crippen LogP contribution in [0.25, 0.3) is 10.8 Å². The van der Waals surface area contributed by atoms with Crippen LogP contribution in [0, 0.1) is 22.7 Å². The number of rotatable bonds is 11. The lowest BCUT2D eigenvalue weighted by atomic mass is 9.45. The smallest absolute Gasteiger partial charge is 0.307 e. The molecule has 0 bridgehead atoms. The molecular weight excluding hydrogens is 488 g/mol. The van der Waals surface area contributed by atoms with Crippen molar-refractivity contribution in [1.29, 1.82) is 0 Å². The highest BCUT2D eigenvalue weighted by atomic mass is 16.5. The van der Waals surface area contributed by atoms with Gasteiger partial charge in [-0.15, -0.1) is 0 Å². The van der Waals surface area contributed by atoms with E-state index in [9.17, 15) is 14.7 Å². The van der Waals surface area contributed by atoms with E-state index in [1.54, 1.807) is 0 Å². The lowest BCUT2D eigenvalue weighted by Crippen LogP contribution is -2.54. The molecule has 0 aromatic heterocycles. The molecule has 0 saturated heterocycles. The van der Waals surface area contributed by atoms with E-state index in [1.807, 2.05) is 36.4 Å². The van der Waals surface area contributed by atoms with Crippen LogP contribution in [0.2, 0.25) is 0 Å². The first-order valence-electron chi connectivity index (χ1n) is 14.8. The molecular formula is C34H48O5. The van der Waals surface area contributed by atoms with E-state index in [2.05, 4.69) is 40.7 Å². The molecule has 0 amide bonds.